The number of fused-ring (bicyclic) bond motifs is 1. The van der Waals surface area contributed by atoms with Gasteiger partial charge in [-0.2, -0.15) is 0 Å². The highest BCUT2D eigenvalue weighted by Gasteiger charge is 2.38. The molecular weight excluding hydrogens is 206 g/mol. The summed E-state index contributed by atoms with van der Waals surface area (Å²) in [4.78, 5) is 0. The molecule has 1 unspecified atom stereocenters. The molecule has 2 rings (SSSR count). The summed E-state index contributed by atoms with van der Waals surface area (Å²) in [5.41, 5.74) is 8.74. The molecule has 1 aromatic carbocycles. The summed E-state index contributed by atoms with van der Waals surface area (Å²) in [7, 11) is 0. The van der Waals surface area contributed by atoms with Crippen molar-refractivity contribution in [3.05, 3.63) is 34.3 Å². The van der Waals surface area contributed by atoms with Gasteiger partial charge in [0.15, 0.2) is 0 Å². The van der Waals surface area contributed by atoms with Crippen LogP contribution in [-0.4, -0.2) is 6.54 Å². The van der Waals surface area contributed by atoms with Gasteiger partial charge in [0.2, 0.25) is 0 Å². The lowest BCUT2D eigenvalue weighted by atomic mass is 9.78. The third-order valence-corrected chi connectivity index (χ3v) is 3.92. The fourth-order valence-electron chi connectivity index (χ4n) is 2.80. The van der Waals surface area contributed by atoms with Crippen molar-refractivity contribution in [2.75, 3.05) is 6.54 Å². The molecule has 0 aromatic heterocycles. The van der Waals surface area contributed by atoms with Crippen molar-refractivity contribution in [1.29, 1.82) is 0 Å². The lowest BCUT2D eigenvalue weighted by Gasteiger charge is -2.27. The van der Waals surface area contributed by atoms with Crippen LogP contribution in [-0.2, 0) is 6.42 Å². The highest BCUT2D eigenvalue weighted by Crippen LogP contribution is 2.50. The standard InChI is InChI=1S/C13H18ClN/c1-13(2)8-10-9(11(13)6-7-15)4-3-5-12(10)14/h3-5,11H,6-8,15H2,1-2H3. The van der Waals surface area contributed by atoms with Crippen molar-refractivity contribution >= 4 is 11.6 Å². The predicted octanol–water partition coefficient (Wildman–Crippen LogP) is 3.35. The molecule has 15 heavy (non-hydrogen) atoms. The van der Waals surface area contributed by atoms with Crippen LogP contribution in [0.3, 0.4) is 0 Å². The van der Waals surface area contributed by atoms with Crippen LogP contribution in [0.25, 0.3) is 0 Å². The first-order valence-corrected chi connectivity index (χ1v) is 5.91. The fraction of sp³-hybridized carbons (Fsp3) is 0.538. The number of nitrogens with two attached hydrogens (primary N) is 1. The maximum absolute atomic E-state index is 6.23. The van der Waals surface area contributed by atoms with Gasteiger partial charge in [0.1, 0.15) is 0 Å². The Bertz CT molecular complexity index is 371. The van der Waals surface area contributed by atoms with Crippen LogP contribution < -0.4 is 5.73 Å². The van der Waals surface area contributed by atoms with Crippen LogP contribution in [0.4, 0.5) is 0 Å². The minimum absolute atomic E-state index is 0.298. The Morgan fingerprint density at radius 1 is 1.47 bits per heavy atom. The van der Waals surface area contributed by atoms with Gasteiger partial charge in [0.05, 0.1) is 0 Å². The third-order valence-electron chi connectivity index (χ3n) is 3.56. The van der Waals surface area contributed by atoms with Gasteiger partial charge in [0, 0.05) is 5.02 Å². The minimum Gasteiger partial charge on any atom is -0.330 e. The zero-order valence-electron chi connectivity index (χ0n) is 9.39. The van der Waals surface area contributed by atoms with E-state index in [-0.39, 0.29) is 0 Å². The average molecular weight is 224 g/mol. The number of hydrogen-bond acceptors (Lipinski definition) is 1. The molecule has 1 aromatic rings. The second-order valence-corrected chi connectivity index (χ2v) is 5.51. The van der Waals surface area contributed by atoms with E-state index in [0.29, 0.717) is 11.3 Å². The quantitative estimate of drug-likeness (QED) is 0.818. The second kappa shape index (κ2) is 3.80. The molecule has 0 amide bonds. The van der Waals surface area contributed by atoms with Gasteiger partial charge in [-0.05, 0) is 47.9 Å². The predicted molar refractivity (Wildman–Crippen MR) is 65.3 cm³/mol. The lowest BCUT2D eigenvalue weighted by Crippen LogP contribution is -2.20. The molecule has 0 saturated heterocycles. The topological polar surface area (TPSA) is 26.0 Å². The first-order valence-electron chi connectivity index (χ1n) is 5.53. The van der Waals surface area contributed by atoms with Gasteiger partial charge in [-0.3, -0.25) is 0 Å². The Balaban J connectivity index is 2.45. The van der Waals surface area contributed by atoms with Crippen molar-refractivity contribution < 1.29 is 0 Å². The third kappa shape index (κ3) is 1.79. The van der Waals surface area contributed by atoms with E-state index < -0.39 is 0 Å². The van der Waals surface area contributed by atoms with Gasteiger partial charge < -0.3 is 5.73 Å². The first kappa shape index (κ1) is 11.0. The summed E-state index contributed by atoms with van der Waals surface area (Å²) in [5, 5.41) is 0.917. The molecule has 0 radical (unpaired) electrons. The van der Waals surface area contributed by atoms with Crippen LogP contribution in [0.15, 0.2) is 18.2 Å². The molecule has 0 bridgehead atoms. The summed E-state index contributed by atoms with van der Waals surface area (Å²) in [6.45, 7) is 5.37. The molecule has 0 spiro atoms. The van der Waals surface area contributed by atoms with Crippen LogP contribution in [0.1, 0.15) is 37.3 Å². The molecule has 82 valence electrons. The van der Waals surface area contributed by atoms with E-state index in [9.17, 15) is 0 Å². The number of hydrogen-bond donors (Lipinski definition) is 1. The van der Waals surface area contributed by atoms with E-state index in [2.05, 4.69) is 19.9 Å². The van der Waals surface area contributed by atoms with Crippen LogP contribution in [0.5, 0.6) is 0 Å². The van der Waals surface area contributed by atoms with E-state index >= 15 is 0 Å². The highest BCUT2D eigenvalue weighted by atomic mass is 35.5. The van der Waals surface area contributed by atoms with Gasteiger partial charge in [-0.25, -0.2) is 0 Å². The highest BCUT2D eigenvalue weighted by molar-refractivity contribution is 6.31. The monoisotopic (exact) mass is 223 g/mol. The van der Waals surface area contributed by atoms with E-state index in [1.54, 1.807) is 0 Å². The first-order chi connectivity index (χ1) is 7.06. The normalized spacial score (nSPS) is 22.8. The SMILES string of the molecule is CC1(C)Cc2c(Cl)cccc2C1CCN. The number of benzene rings is 1. The summed E-state index contributed by atoms with van der Waals surface area (Å²) < 4.78 is 0. The molecule has 1 atom stereocenters. The summed E-state index contributed by atoms with van der Waals surface area (Å²) >= 11 is 6.23. The molecule has 0 aliphatic heterocycles. The van der Waals surface area contributed by atoms with Gasteiger partial charge in [-0.1, -0.05) is 37.6 Å². The molecule has 1 aliphatic rings. The molecule has 1 nitrogen and oxygen atoms in total. The Hall–Kier alpha value is -0.530. The largest absolute Gasteiger partial charge is 0.330 e. The maximum atomic E-state index is 6.23. The van der Waals surface area contributed by atoms with Crippen LogP contribution in [0, 0.1) is 5.41 Å². The van der Waals surface area contributed by atoms with E-state index in [0.717, 1.165) is 24.4 Å². The van der Waals surface area contributed by atoms with Crippen molar-refractivity contribution in [2.24, 2.45) is 11.1 Å². The molecule has 0 heterocycles. The van der Waals surface area contributed by atoms with Crippen molar-refractivity contribution in [2.45, 2.75) is 32.6 Å². The smallest absolute Gasteiger partial charge is 0.0441 e. The number of rotatable bonds is 2. The molecule has 2 heteroatoms. The van der Waals surface area contributed by atoms with Gasteiger partial charge >= 0.3 is 0 Å². The molecular formula is C13H18ClN. The summed E-state index contributed by atoms with van der Waals surface area (Å²) in [6, 6.07) is 6.24. The van der Waals surface area contributed by atoms with Crippen LogP contribution in [0.2, 0.25) is 5.02 Å². The Morgan fingerprint density at radius 3 is 2.87 bits per heavy atom. The van der Waals surface area contributed by atoms with Gasteiger partial charge in [0.25, 0.3) is 0 Å². The fourth-order valence-corrected chi connectivity index (χ4v) is 3.05. The van der Waals surface area contributed by atoms with E-state index in [1.807, 2.05) is 12.1 Å². The average Bonchev–Trinajstić information content (AvgIpc) is 2.42. The molecule has 2 N–H and O–H groups in total. The Labute approximate surface area is 96.6 Å². The van der Waals surface area contributed by atoms with Crippen molar-refractivity contribution in [1.82, 2.24) is 0 Å². The van der Waals surface area contributed by atoms with E-state index in [4.69, 9.17) is 17.3 Å². The summed E-state index contributed by atoms with van der Waals surface area (Å²) in [6.07, 6.45) is 2.13. The maximum Gasteiger partial charge on any atom is 0.0441 e. The lowest BCUT2D eigenvalue weighted by molar-refractivity contribution is 0.302. The van der Waals surface area contributed by atoms with Crippen LogP contribution >= 0.6 is 11.6 Å². The molecule has 0 fully saturated rings. The number of halogens is 1. The zero-order valence-corrected chi connectivity index (χ0v) is 10.1. The van der Waals surface area contributed by atoms with Crippen molar-refractivity contribution in [3.8, 4) is 0 Å². The zero-order chi connectivity index (χ0) is 11.1. The van der Waals surface area contributed by atoms with E-state index in [1.165, 1.54) is 11.1 Å². The molecule has 1 aliphatic carbocycles. The minimum atomic E-state index is 0.298. The summed E-state index contributed by atoms with van der Waals surface area (Å²) in [5.74, 6) is 0.566. The second-order valence-electron chi connectivity index (χ2n) is 5.10. The Kier molecular flexibility index (Phi) is 2.78. The van der Waals surface area contributed by atoms with Crippen molar-refractivity contribution in [3.63, 3.8) is 0 Å². The Morgan fingerprint density at radius 2 is 2.20 bits per heavy atom. The van der Waals surface area contributed by atoms with Gasteiger partial charge in [-0.15, -0.1) is 0 Å². The molecule has 0 saturated carbocycles.